The molecule has 2 amide bonds. The number of aromatic nitrogens is 1. The predicted molar refractivity (Wildman–Crippen MR) is 130 cm³/mol. The normalized spacial score (nSPS) is 18.9. The first-order valence-electron chi connectivity index (χ1n) is 11.4. The maximum absolute atomic E-state index is 13.2. The van der Waals surface area contributed by atoms with Gasteiger partial charge in [0.05, 0.1) is 6.04 Å². The van der Waals surface area contributed by atoms with E-state index in [-0.39, 0.29) is 18.0 Å². The highest BCUT2D eigenvalue weighted by Gasteiger charge is 2.43. The van der Waals surface area contributed by atoms with E-state index in [1.54, 1.807) is 34.8 Å². The number of primary amides is 1. The molecule has 2 N–H and O–H groups in total. The molecule has 0 unspecified atom stereocenters. The van der Waals surface area contributed by atoms with Gasteiger partial charge in [0, 0.05) is 45.1 Å². The van der Waals surface area contributed by atoms with Gasteiger partial charge in [0.1, 0.15) is 5.60 Å². The number of amides is 2. The smallest absolute Gasteiger partial charge is 0.411 e. The minimum Gasteiger partial charge on any atom is -0.438 e. The van der Waals surface area contributed by atoms with E-state index in [1.807, 2.05) is 61.5 Å². The second kappa shape index (κ2) is 9.55. The zero-order valence-corrected chi connectivity index (χ0v) is 19.4. The van der Waals surface area contributed by atoms with Gasteiger partial charge >= 0.3 is 6.09 Å². The highest BCUT2D eigenvalue weighted by atomic mass is 16.6. The van der Waals surface area contributed by atoms with Crippen LogP contribution in [0.2, 0.25) is 0 Å². The molecule has 1 saturated heterocycles. The van der Waals surface area contributed by atoms with Gasteiger partial charge in [0.25, 0.3) is 0 Å². The average Bonchev–Trinajstić information content (AvgIpc) is 2.85. The Balaban J connectivity index is 1.52. The van der Waals surface area contributed by atoms with Crippen LogP contribution in [0.3, 0.4) is 0 Å². The third kappa shape index (κ3) is 4.73. The first-order valence-corrected chi connectivity index (χ1v) is 11.4. The topological polar surface area (TPSA) is 94.6 Å². The summed E-state index contributed by atoms with van der Waals surface area (Å²) < 4.78 is 7.58. The summed E-state index contributed by atoms with van der Waals surface area (Å²) in [6.07, 6.45) is 2.46. The lowest BCUT2D eigenvalue weighted by atomic mass is 9.84. The van der Waals surface area contributed by atoms with Gasteiger partial charge in [0.15, 0.2) is 0 Å². The van der Waals surface area contributed by atoms with Crippen LogP contribution in [0.25, 0.3) is 11.1 Å². The molecule has 2 atom stereocenters. The molecule has 34 heavy (non-hydrogen) atoms. The van der Waals surface area contributed by atoms with Crippen LogP contribution in [0.15, 0.2) is 77.7 Å². The average molecular weight is 460 g/mol. The summed E-state index contributed by atoms with van der Waals surface area (Å²) in [5, 5.41) is 0. The van der Waals surface area contributed by atoms with Crippen LogP contribution in [-0.2, 0) is 22.2 Å². The molecule has 0 radical (unpaired) electrons. The number of cyclic esters (lactones) is 1. The molecule has 0 saturated carbocycles. The molecule has 4 rings (SSSR count). The van der Waals surface area contributed by atoms with E-state index in [0.29, 0.717) is 19.4 Å². The van der Waals surface area contributed by atoms with Crippen LogP contribution in [0, 0.1) is 0 Å². The fraction of sp³-hybridized carbons (Fsp3) is 0.296. The van der Waals surface area contributed by atoms with Crippen LogP contribution < -0.4 is 11.3 Å². The molecule has 176 valence electrons. The van der Waals surface area contributed by atoms with Crippen molar-refractivity contribution in [3.05, 3.63) is 94.4 Å². The maximum Gasteiger partial charge on any atom is 0.411 e. The number of rotatable bonds is 7. The Hall–Kier alpha value is -3.87. The second-order valence-corrected chi connectivity index (χ2v) is 8.80. The van der Waals surface area contributed by atoms with Crippen LogP contribution in [0.1, 0.15) is 43.4 Å². The summed E-state index contributed by atoms with van der Waals surface area (Å²) >= 11 is 0. The molecule has 1 aliphatic heterocycles. The van der Waals surface area contributed by atoms with Crippen molar-refractivity contribution in [3.63, 3.8) is 0 Å². The summed E-state index contributed by atoms with van der Waals surface area (Å²) in [6.45, 7) is 2.47. The summed E-state index contributed by atoms with van der Waals surface area (Å²) in [5.41, 5.74) is 8.26. The molecule has 1 aliphatic rings. The van der Waals surface area contributed by atoms with E-state index in [4.69, 9.17) is 10.5 Å². The van der Waals surface area contributed by atoms with Crippen molar-refractivity contribution in [2.45, 2.75) is 37.8 Å². The number of ether oxygens (including phenoxy) is 1. The largest absolute Gasteiger partial charge is 0.438 e. The fourth-order valence-electron chi connectivity index (χ4n) is 4.51. The Morgan fingerprint density at radius 2 is 1.71 bits per heavy atom. The maximum atomic E-state index is 13.2. The highest BCUT2D eigenvalue weighted by Crippen LogP contribution is 2.40. The first kappa shape index (κ1) is 23.3. The zero-order valence-electron chi connectivity index (χ0n) is 19.4. The van der Waals surface area contributed by atoms with Crippen molar-refractivity contribution in [1.29, 1.82) is 0 Å². The van der Waals surface area contributed by atoms with Crippen molar-refractivity contribution in [3.8, 4) is 11.1 Å². The molecule has 0 aliphatic carbocycles. The molecule has 1 fully saturated rings. The number of carbonyl (C=O) groups is 2. The van der Waals surface area contributed by atoms with Crippen molar-refractivity contribution < 1.29 is 14.3 Å². The summed E-state index contributed by atoms with van der Waals surface area (Å²) in [4.78, 5) is 38.0. The van der Waals surface area contributed by atoms with Crippen molar-refractivity contribution in [2.75, 3.05) is 6.54 Å². The van der Waals surface area contributed by atoms with Crippen LogP contribution >= 0.6 is 0 Å². The lowest BCUT2D eigenvalue weighted by Crippen LogP contribution is -2.49. The monoisotopic (exact) mass is 459 g/mol. The third-order valence-corrected chi connectivity index (χ3v) is 6.63. The Morgan fingerprint density at radius 1 is 1.03 bits per heavy atom. The molecule has 2 heterocycles. The Labute approximate surface area is 198 Å². The molecule has 0 bridgehead atoms. The van der Waals surface area contributed by atoms with Gasteiger partial charge in [-0.3, -0.25) is 9.59 Å². The van der Waals surface area contributed by atoms with Gasteiger partial charge in [-0.2, -0.15) is 0 Å². The molecule has 7 heteroatoms. The van der Waals surface area contributed by atoms with E-state index in [1.165, 1.54) is 0 Å². The Bertz CT molecular complexity index is 1240. The number of pyridine rings is 1. The molecule has 7 nitrogen and oxygen atoms in total. The van der Waals surface area contributed by atoms with E-state index >= 15 is 0 Å². The summed E-state index contributed by atoms with van der Waals surface area (Å²) in [6, 6.07) is 20.7. The van der Waals surface area contributed by atoms with Crippen molar-refractivity contribution >= 4 is 12.0 Å². The highest BCUT2D eigenvalue weighted by molar-refractivity contribution is 5.74. The Kier molecular flexibility index (Phi) is 6.54. The van der Waals surface area contributed by atoms with Crippen LogP contribution in [-0.4, -0.2) is 28.0 Å². The Morgan fingerprint density at radius 3 is 2.32 bits per heavy atom. The minimum absolute atomic E-state index is 0.0555. The third-order valence-electron chi connectivity index (χ3n) is 6.63. The van der Waals surface area contributed by atoms with Gasteiger partial charge in [-0.15, -0.1) is 0 Å². The van der Waals surface area contributed by atoms with E-state index in [2.05, 4.69) is 0 Å². The molecule has 0 spiro atoms. The molecule has 1 aromatic heterocycles. The SMILES string of the molecule is C[C@@H](c1ccc(-c2ccc(=O)n(C)c2)cc1)N1CC[C@@](CCC(N)=O)(c2ccccc2)OC1=O. The van der Waals surface area contributed by atoms with E-state index in [9.17, 15) is 14.4 Å². The molecular formula is C27H29N3O4. The van der Waals surface area contributed by atoms with Crippen LogP contribution in [0.4, 0.5) is 4.79 Å². The van der Waals surface area contributed by atoms with Gasteiger partial charge in [-0.25, -0.2) is 4.79 Å². The predicted octanol–water partition coefficient (Wildman–Crippen LogP) is 4.12. The number of hydrogen-bond acceptors (Lipinski definition) is 4. The van der Waals surface area contributed by atoms with Gasteiger partial charge < -0.3 is 19.9 Å². The molecular weight excluding hydrogens is 430 g/mol. The van der Waals surface area contributed by atoms with Crippen LogP contribution in [0.5, 0.6) is 0 Å². The lowest BCUT2D eigenvalue weighted by molar-refractivity contribution is -0.121. The van der Waals surface area contributed by atoms with Gasteiger partial charge in [-0.1, -0.05) is 54.6 Å². The quantitative estimate of drug-likeness (QED) is 0.575. The first-order chi connectivity index (χ1) is 16.3. The number of benzene rings is 2. The molecule has 3 aromatic rings. The zero-order chi connectivity index (χ0) is 24.3. The number of nitrogens with two attached hydrogens (primary N) is 1. The standard InChI is InChI=1S/C27H29N3O4/c1-19(20-8-10-21(11-9-20)22-12-13-25(32)29(2)18-22)30-17-16-27(34-26(30)33,15-14-24(28)31)23-6-4-3-5-7-23/h3-13,18-19H,14-17H2,1-2H3,(H2,28,31)/t19-,27-/m0/s1. The van der Waals surface area contributed by atoms with E-state index in [0.717, 1.165) is 22.3 Å². The summed E-state index contributed by atoms with van der Waals surface area (Å²) in [5.74, 6) is -0.416. The molecule has 2 aromatic carbocycles. The summed E-state index contributed by atoms with van der Waals surface area (Å²) in [7, 11) is 1.73. The van der Waals surface area contributed by atoms with Gasteiger partial charge in [-0.05, 0) is 35.2 Å². The second-order valence-electron chi connectivity index (χ2n) is 8.80. The minimum atomic E-state index is -0.864. The fourth-order valence-corrected chi connectivity index (χ4v) is 4.51. The van der Waals surface area contributed by atoms with Gasteiger partial charge in [0.2, 0.25) is 11.5 Å². The lowest BCUT2D eigenvalue weighted by Gasteiger charge is -2.43. The number of hydrogen-bond donors (Lipinski definition) is 1. The van der Waals surface area contributed by atoms with Crippen molar-refractivity contribution in [2.24, 2.45) is 12.8 Å². The number of nitrogens with zero attached hydrogens (tertiary/aromatic N) is 2. The van der Waals surface area contributed by atoms with E-state index < -0.39 is 17.6 Å². The number of aryl methyl sites for hydroxylation is 1. The van der Waals surface area contributed by atoms with Crippen molar-refractivity contribution in [1.82, 2.24) is 9.47 Å². The number of carbonyl (C=O) groups excluding carboxylic acids is 2.